The Labute approximate surface area is 102 Å². The molecule has 1 aromatic rings. The number of hydrogen-bond donors (Lipinski definition) is 2. The highest BCUT2D eigenvalue weighted by Gasteiger charge is 2.39. The Hall–Kier alpha value is -1.07. The zero-order valence-electron chi connectivity index (χ0n) is 8.90. The van der Waals surface area contributed by atoms with Crippen molar-refractivity contribution in [3.63, 3.8) is 0 Å². The van der Waals surface area contributed by atoms with Crippen LogP contribution in [0, 0.1) is 0 Å². The molecule has 2 rings (SSSR count). The number of halogens is 1. The Kier molecular flexibility index (Phi) is 2.67. The third kappa shape index (κ3) is 2.20. The largest absolute Gasteiger partial charge is 0.399 e. The summed E-state index contributed by atoms with van der Waals surface area (Å²) in [5.41, 5.74) is 6.01. The molecule has 3 N–H and O–H groups in total. The number of carbonyl (C=O) groups is 1. The minimum atomic E-state index is -0.743. The van der Waals surface area contributed by atoms with Crippen LogP contribution < -0.4 is 5.73 Å². The van der Waals surface area contributed by atoms with Gasteiger partial charge in [0.25, 0.3) is 5.91 Å². The highest BCUT2D eigenvalue weighted by atomic mass is 79.9. The van der Waals surface area contributed by atoms with Crippen LogP contribution in [0.4, 0.5) is 5.69 Å². The SMILES string of the molecule is CC1(O)CN(C(=O)c2cc(N)cc(Br)c2)C1. The molecule has 0 saturated carbocycles. The van der Waals surface area contributed by atoms with Gasteiger partial charge in [0.05, 0.1) is 18.7 Å². The van der Waals surface area contributed by atoms with Crippen LogP contribution in [-0.2, 0) is 0 Å². The zero-order chi connectivity index (χ0) is 11.9. The van der Waals surface area contributed by atoms with E-state index in [0.717, 1.165) is 4.47 Å². The van der Waals surface area contributed by atoms with Crippen LogP contribution in [0.1, 0.15) is 17.3 Å². The fraction of sp³-hybridized carbons (Fsp3) is 0.364. The number of rotatable bonds is 1. The second-order valence-corrected chi connectivity index (χ2v) is 5.35. The number of β-amino-alcohol motifs (C(OH)–C–C–N with tert-alkyl or cyclic N) is 1. The van der Waals surface area contributed by atoms with E-state index in [0.29, 0.717) is 24.3 Å². The molecule has 0 spiro atoms. The van der Waals surface area contributed by atoms with Gasteiger partial charge in [-0.3, -0.25) is 4.79 Å². The van der Waals surface area contributed by atoms with E-state index in [2.05, 4.69) is 15.9 Å². The normalized spacial score (nSPS) is 18.1. The van der Waals surface area contributed by atoms with Crippen LogP contribution in [0.5, 0.6) is 0 Å². The number of carbonyl (C=O) groups excluding carboxylic acids is 1. The maximum atomic E-state index is 12.0. The van der Waals surface area contributed by atoms with Gasteiger partial charge in [0.2, 0.25) is 0 Å². The Bertz CT molecular complexity index is 417. The lowest BCUT2D eigenvalue weighted by Crippen LogP contribution is -2.61. The molecule has 5 heteroatoms. The molecule has 1 aliphatic rings. The van der Waals surface area contributed by atoms with E-state index in [1.54, 1.807) is 30.0 Å². The number of amides is 1. The number of nitrogens with two attached hydrogens (primary N) is 1. The van der Waals surface area contributed by atoms with Crippen LogP contribution in [0.25, 0.3) is 0 Å². The number of benzene rings is 1. The predicted octanol–water partition coefficient (Wildman–Crippen LogP) is 1.24. The molecule has 0 radical (unpaired) electrons. The van der Waals surface area contributed by atoms with Crippen LogP contribution in [0.3, 0.4) is 0 Å². The summed E-state index contributed by atoms with van der Waals surface area (Å²) in [6.07, 6.45) is 0. The molecule has 1 saturated heterocycles. The van der Waals surface area contributed by atoms with Crippen LogP contribution in [0.15, 0.2) is 22.7 Å². The van der Waals surface area contributed by atoms with Crippen molar-refractivity contribution < 1.29 is 9.90 Å². The predicted molar refractivity (Wildman–Crippen MR) is 65.1 cm³/mol. The topological polar surface area (TPSA) is 66.6 Å². The Balaban J connectivity index is 2.16. The summed E-state index contributed by atoms with van der Waals surface area (Å²) in [5.74, 6) is -0.0977. The van der Waals surface area contributed by atoms with Crippen LogP contribution in [0.2, 0.25) is 0 Å². The van der Waals surface area contributed by atoms with E-state index in [9.17, 15) is 9.90 Å². The molecule has 0 aromatic heterocycles. The quantitative estimate of drug-likeness (QED) is 0.763. The minimum absolute atomic E-state index is 0.0977. The number of anilines is 1. The van der Waals surface area contributed by atoms with Crippen molar-refractivity contribution in [2.24, 2.45) is 0 Å². The molecule has 16 heavy (non-hydrogen) atoms. The molecule has 0 bridgehead atoms. The van der Waals surface area contributed by atoms with Crippen LogP contribution >= 0.6 is 15.9 Å². The number of nitrogens with zero attached hydrogens (tertiary/aromatic N) is 1. The fourth-order valence-corrected chi connectivity index (χ4v) is 2.35. The van der Waals surface area contributed by atoms with Gasteiger partial charge in [-0.05, 0) is 25.1 Å². The third-order valence-electron chi connectivity index (χ3n) is 2.52. The van der Waals surface area contributed by atoms with Crippen molar-refractivity contribution in [2.45, 2.75) is 12.5 Å². The summed E-state index contributed by atoms with van der Waals surface area (Å²) >= 11 is 3.29. The van der Waals surface area contributed by atoms with E-state index >= 15 is 0 Å². The summed E-state index contributed by atoms with van der Waals surface area (Å²) in [7, 11) is 0. The van der Waals surface area contributed by atoms with Gasteiger partial charge >= 0.3 is 0 Å². The first-order valence-electron chi connectivity index (χ1n) is 4.95. The number of hydrogen-bond acceptors (Lipinski definition) is 3. The molecule has 0 aliphatic carbocycles. The first-order valence-corrected chi connectivity index (χ1v) is 5.74. The Morgan fingerprint density at radius 1 is 1.50 bits per heavy atom. The molecular weight excluding hydrogens is 272 g/mol. The van der Waals surface area contributed by atoms with Crippen molar-refractivity contribution in [3.05, 3.63) is 28.2 Å². The smallest absolute Gasteiger partial charge is 0.254 e. The van der Waals surface area contributed by atoms with E-state index in [1.807, 2.05) is 0 Å². The first kappa shape index (κ1) is 11.4. The lowest BCUT2D eigenvalue weighted by Gasteiger charge is -2.44. The molecular formula is C11H13BrN2O2. The van der Waals surface area contributed by atoms with Crippen molar-refractivity contribution in [3.8, 4) is 0 Å². The maximum absolute atomic E-state index is 12.0. The number of aliphatic hydroxyl groups is 1. The van der Waals surface area contributed by atoms with Crippen molar-refractivity contribution in [1.82, 2.24) is 4.90 Å². The lowest BCUT2D eigenvalue weighted by atomic mass is 9.96. The molecule has 0 unspecified atom stereocenters. The summed E-state index contributed by atoms with van der Waals surface area (Å²) in [5, 5.41) is 9.56. The van der Waals surface area contributed by atoms with E-state index < -0.39 is 5.60 Å². The average Bonchev–Trinajstić information content (AvgIpc) is 2.11. The van der Waals surface area contributed by atoms with Gasteiger partial charge in [-0.2, -0.15) is 0 Å². The first-order chi connectivity index (χ1) is 7.37. The number of likely N-dealkylation sites (tertiary alicyclic amines) is 1. The summed E-state index contributed by atoms with van der Waals surface area (Å²) < 4.78 is 0.781. The molecule has 4 nitrogen and oxygen atoms in total. The molecule has 1 aliphatic heterocycles. The monoisotopic (exact) mass is 284 g/mol. The highest BCUT2D eigenvalue weighted by molar-refractivity contribution is 9.10. The number of nitrogen functional groups attached to an aromatic ring is 1. The second-order valence-electron chi connectivity index (χ2n) is 4.43. The molecule has 1 fully saturated rings. The van der Waals surface area contributed by atoms with Crippen molar-refractivity contribution in [2.75, 3.05) is 18.8 Å². The molecule has 1 heterocycles. The summed E-state index contributed by atoms with van der Waals surface area (Å²) in [4.78, 5) is 13.6. The summed E-state index contributed by atoms with van der Waals surface area (Å²) in [6, 6.07) is 5.11. The summed E-state index contributed by atoms with van der Waals surface area (Å²) in [6.45, 7) is 2.46. The van der Waals surface area contributed by atoms with Crippen molar-refractivity contribution in [1.29, 1.82) is 0 Å². The molecule has 86 valence electrons. The van der Waals surface area contributed by atoms with Gasteiger partial charge in [0, 0.05) is 15.7 Å². The standard InChI is InChI=1S/C11H13BrN2O2/c1-11(16)5-14(6-11)10(15)7-2-8(12)4-9(13)3-7/h2-4,16H,5-6,13H2,1H3. The van der Waals surface area contributed by atoms with Gasteiger partial charge in [0.1, 0.15) is 0 Å². The maximum Gasteiger partial charge on any atom is 0.254 e. The van der Waals surface area contributed by atoms with Gasteiger partial charge < -0.3 is 15.7 Å². The Morgan fingerprint density at radius 3 is 2.62 bits per heavy atom. The van der Waals surface area contributed by atoms with E-state index in [-0.39, 0.29) is 5.91 Å². The van der Waals surface area contributed by atoms with E-state index in [4.69, 9.17) is 5.73 Å². The van der Waals surface area contributed by atoms with E-state index in [1.165, 1.54) is 0 Å². The zero-order valence-corrected chi connectivity index (χ0v) is 10.5. The minimum Gasteiger partial charge on any atom is -0.399 e. The third-order valence-corrected chi connectivity index (χ3v) is 2.98. The van der Waals surface area contributed by atoms with Gasteiger partial charge in [-0.25, -0.2) is 0 Å². The van der Waals surface area contributed by atoms with Gasteiger partial charge in [-0.15, -0.1) is 0 Å². The van der Waals surface area contributed by atoms with Gasteiger partial charge in [0.15, 0.2) is 0 Å². The lowest BCUT2D eigenvalue weighted by molar-refractivity contribution is -0.0668. The highest BCUT2D eigenvalue weighted by Crippen LogP contribution is 2.24. The second kappa shape index (κ2) is 3.75. The van der Waals surface area contributed by atoms with Gasteiger partial charge in [-0.1, -0.05) is 15.9 Å². The molecule has 1 aromatic carbocycles. The van der Waals surface area contributed by atoms with Crippen LogP contribution in [-0.4, -0.2) is 34.6 Å². The average molecular weight is 285 g/mol. The fourth-order valence-electron chi connectivity index (χ4n) is 1.84. The van der Waals surface area contributed by atoms with Crippen molar-refractivity contribution >= 4 is 27.5 Å². The molecule has 0 atom stereocenters. The Morgan fingerprint density at radius 2 is 2.12 bits per heavy atom. The molecule has 1 amide bonds.